The second-order valence-electron chi connectivity index (χ2n) is 5.56. The maximum Gasteiger partial charge on any atom is 0.240 e. The molecule has 1 atom stereocenters. The topological polar surface area (TPSA) is 62.1 Å². The van der Waals surface area contributed by atoms with Gasteiger partial charge in [-0.2, -0.15) is 5.10 Å². The Bertz CT molecular complexity index is 802. The van der Waals surface area contributed by atoms with Gasteiger partial charge in [0.15, 0.2) is 0 Å². The highest BCUT2D eigenvalue weighted by Crippen LogP contribution is 2.36. The van der Waals surface area contributed by atoms with Gasteiger partial charge in [0.25, 0.3) is 0 Å². The maximum absolute atomic E-state index is 12.0. The van der Waals surface area contributed by atoms with E-state index < -0.39 is 0 Å². The molecular weight excluding hydrogens is 328 g/mol. The number of amides is 1. The molecule has 1 aliphatic heterocycles. The number of phenolic OH excluding ortho intramolecular Hbond substituents is 1. The highest BCUT2D eigenvalue weighted by Gasteiger charge is 2.32. The molecule has 0 saturated heterocycles. The Morgan fingerprint density at radius 1 is 1.29 bits per heavy atom. The average Bonchev–Trinajstić information content (AvgIpc) is 3.02. The van der Waals surface area contributed by atoms with E-state index in [1.165, 1.54) is 18.0 Å². The van der Waals surface area contributed by atoms with Crippen LogP contribution in [0.3, 0.4) is 0 Å². The van der Waals surface area contributed by atoms with E-state index in [0.717, 1.165) is 11.3 Å². The molecular formula is C18H17ClN2O3. The van der Waals surface area contributed by atoms with Crippen LogP contribution in [0.4, 0.5) is 0 Å². The van der Waals surface area contributed by atoms with Crippen LogP contribution in [0, 0.1) is 0 Å². The molecule has 0 aromatic heterocycles. The lowest BCUT2D eigenvalue weighted by molar-refractivity contribution is -0.130. The number of rotatable bonds is 3. The van der Waals surface area contributed by atoms with Crippen LogP contribution in [0.1, 0.15) is 30.5 Å². The Kier molecular flexibility index (Phi) is 4.44. The summed E-state index contributed by atoms with van der Waals surface area (Å²) in [5, 5.41) is 16.4. The second kappa shape index (κ2) is 6.53. The summed E-state index contributed by atoms with van der Waals surface area (Å²) < 4.78 is 5.17. The van der Waals surface area contributed by atoms with E-state index in [1.807, 2.05) is 24.3 Å². The Labute approximate surface area is 145 Å². The molecule has 1 N–H and O–H groups in total. The molecule has 0 unspecified atom stereocenters. The highest BCUT2D eigenvalue weighted by atomic mass is 35.5. The summed E-state index contributed by atoms with van der Waals surface area (Å²) in [5.41, 5.74) is 2.13. The molecule has 2 aromatic carbocycles. The number of hydrogen-bond donors (Lipinski definition) is 1. The molecule has 6 heteroatoms. The van der Waals surface area contributed by atoms with Gasteiger partial charge >= 0.3 is 0 Å². The molecule has 1 aliphatic rings. The van der Waals surface area contributed by atoms with Crippen LogP contribution in [0.25, 0.3) is 0 Å². The Balaban J connectivity index is 1.96. The molecule has 0 saturated carbocycles. The minimum atomic E-state index is -0.221. The van der Waals surface area contributed by atoms with Crippen LogP contribution in [0.5, 0.6) is 11.5 Å². The molecule has 5 nitrogen and oxygen atoms in total. The lowest BCUT2D eigenvalue weighted by Gasteiger charge is -2.20. The van der Waals surface area contributed by atoms with Gasteiger partial charge in [-0.3, -0.25) is 4.79 Å². The largest absolute Gasteiger partial charge is 0.507 e. The van der Waals surface area contributed by atoms with Gasteiger partial charge in [0.2, 0.25) is 5.91 Å². The number of phenols is 1. The summed E-state index contributed by atoms with van der Waals surface area (Å²) in [6.07, 6.45) is 0.500. The summed E-state index contributed by atoms with van der Waals surface area (Å²) in [6.45, 7) is 1.47. The predicted octanol–water partition coefficient (Wildman–Crippen LogP) is 3.75. The van der Waals surface area contributed by atoms with Gasteiger partial charge in [-0.25, -0.2) is 5.01 Å². The number of methoxy groups -OCH3 is 1. The number of nitrogens with zero attached hydrogens (tertiary/aromatic N) is 2. The van der Waals surface area contributed by atoms with Crippen LogP contribution in [-0.4, -0.2) is 28.8 Å². The first-order valence-electron chi connectivity index (χ1n) is 7.49. The van der Waals surface area contributed by atoms with E-state index in [4.69, 9.17) is 16.3 Å². The van der Waals surface area contributed by atoms with Gasteiger partial charge in [-0.05, 0) is 35.9 Å². The smallest absolute Gasteiger partial charge is 0.240 e. The Hall–Kier alpha value is -2.53. The van der Waals surface area contributed by atoms with Crippen LogP contribution in [0.2, 0.25) is 5.02 Å². The van der Waals surface area contributed by atoms with Crippen molar-refractivity contribution in [3.63, 3.8) is 0 Å². The third-order valence-electron chi connectivity index (χ3n) is 4.00. The first-order valence-corrected chi connectivity index (χ1v) is 7.87. The number of ether oxygens (including phenoxy) is 1. The Morgan fingerprint density at radius 2 is 2.00 bits per heavy atom. The summed E-state index contributed by atoms with van der Waals surface area (Å²) >= 11 is 6.02. The van der Waals surface area contributed by atoms with Gasteiger partial charge in [0.05, 0.1) is 18.9 Å². The Morgan fingerprint density at radius 3 is 2.62 bits per heavy atom. The molecule has 24 heavy (non-hydrogen) atoms. The predicted molar refractivity (Wildman–Crippen MR) is 92.5 cm³/mol. The normalized spacial score (nSPS) is 16.9. The van der Waals surface area contributed by atoms with E-state index >= 15 is 0 Å². The summed E-state index contributed by atoms with van der Waals surface area (Å²) in [7, 11) is 1.61. The van der Waals surface area contributed by atoms with Crippen LogP contribution in [0.15, 0.2) is 47.6 Å². The number of carbonyl (C=O) groups excluding carboxylic acids is 1. The molecule has 0 bridgehead atoms. The van der Waals surface area contributed by atoms with Crippen molar-refractivity contribution in [3.8, 4) is 11.5 Å². The molecule has 0 aliphatic carbocycles. The number of carbonyl (C=O) groups is 1. The fraction of sp³-hybridized carbons (Fsp3) is 0.222. The van der Waals surface area contributed by atoms with Crippen molar-refractivity contribution in [2.24, 2.45) is 5.10 Å². The second-order valence-corrected chi connectivity index (χ2v) is 6.00. The molecule has 0 radical (unpaired) electrons. The molecule has 0 fully saturated rings. The average molecular weight is 345 g/mol. The SMILES string of the molecule is COc1ccc([C@@H]2CC(c3cc(Cl)ccc3O)=NN2C(C)=O)cc1. The van der Waals surface area contributed by atoms with E-state index in [9.17, 15) is 9.90 Å². The zero-order valence-corrected chi connectivity index (χ0v) is 14.1. The van der Waals surface area contributed by atoms with Crippen molar-refractivity contribution >= 4 is 23.2 Å². The van der Waals surface area contributed by atoms with Gasteiger partial charge < -0.3 is 9.84 Å². The molecule has 0 spiro atoms. The fourth-order valence-electron chi connectivity index (χ4n) is 2.79. The van der Waals surface area contributed by atoms with Crippen LogP contribution in [-0.2, 0) is 4.79 Å². The van der Waals surface area contributed by atoms with Crippen molar-refractivity contribution in [1.82, 2.24) is 5.01 Å². The monoisotopic (exact) mass is 344 g/mol. The van der Waals surface area contributed by atoms with E-state index in [0.29, 0.717) is 22.7 Å². The van der Waals surface area contributed by atoms with Crippen molar-refractivity contribution < 1.29 is 14.6 Å². The molecule has 2 aromatic rings. The highest BCUT2D eigenvalue weighted by molar-refractivity contribution is 6.31. The van der Waals surface area contributed by atoms with Gasteiger partial charge in [0.1, 0.15) is 11.5 Å². The minimum absolute atomic E-state index is 0.0945. The van der Waals surface area contributed by atoms with E-state index in [2.05, 4.69) is 5.10 Å². The minimum Gasteiger partial charge on any atom is -0.507 e. The van der Waals surface area contributed by atoms with Gasteiger partial charge in [0, 0.05) is 23.9 Å². The van der Waals surface area contributed by atoms with Crippen molar-refractivity contribution in [1.29, 1.82) is 0 Å². The van der Waals surface area contributed by atoms with Crippen LogP contribution >= 0.6 is 11.6 Å². The first-order chi connectivity index (χ1) is 11.5. The van der Waals surface area contributed by atoms with Crippen molar-refractivity contribution in [2.45, 2.75) is 19.4 Å². The third-order valence-corrected chi connectivity index (χ3v) is 4.24. The zero-order valence-electron chi connectivity index (χ0n) is 13.4. The van der Waals surface area contributed by atoms with E-state index in [-0.39, 0.29) is 17.7 Å². The van der Waals surface area contributed by atoms with Crippen molar-refractivity contribution in [2.75, 3.05) is 7.11 Å². The zero-order chi connectivity index (χ0) is 17.3. The molecule has 1 amide bonds. The lowest BCUT2D eigenvalue weighted by atomic mass is 9.98. The number of aromatic hydroxyl groups is 1. The first kappa shape index (κ1) is 16.3. The quantitative estimate of drug-likeness (QED) is 0.922. The summed E-state index contributed by atoms with van der Waals surface area (Å²) in [4.78, 5) is 12.0. The molecule has 124 valence electrons. The van der Waals surface area contributed by atoms with Gasteiger partial charge in [-0.15, -0.1) is 0 Å². The third kappa shape index (κ3) is 3.08. The fourth-order valence-corrected chi connectivity index (χ4v) is 2.96. The molecule has 3 rings (SSSR count). The summed E-state index contributed by atoms with van der Waals surface area (Å²) in [5.74, 6) is 0.684. The molecule has 1 heterocycles. The van der Waals surface area contributed by atoms with E-state index in [1.54, 1.807) is 19.2 Å². The number of benzene rings is 2. The standard InChI is InChI=1S/C18H17ClN2O3/c1-11(22)21-17(12-3-6-14(24-2)7-4-12)10-16(20-21)15-9-13(19)5-8-18(15)23/h3-9,17,23H,10H2,1-2H3/t17-/m0/s1. The summed E-state index contributed by atoms with van der Waals surface area (Å²) in [6, 6.07) is 12.1. The van der Waals surface area contributed by atoms with Crippen LogP contribution < -0.4 is 4.74 Å². The lowest BCUT2D eigenvalue weighted by Crippen LogP contribution is -2.24. The number of halogens is 1. The number of hydrazone groups is 1. The maximum atomic E-state index is 12.0. The van der Waals surface area contributed by atoms with Gasteiger partial charge in [-0.1, -0.05) is 23.7 Å². The van der Waals surface area contributed by atoms with Crippen molar-refractivity contribution in [3.05, 3.63) is 58.6 Å². The number of hydrogen-bond acceptors (Lipinski definition) is 4.